The quantitative estimate of drug-likeness (QED) is 0.196. The molecular formula is C23H22N2O7. The average molecular weight is 438 g/mol. The number of non-ortho nitro benzene ring substituents is 1. The molecule has 0 radical (unpaired) electrons. The summed E-state index contributed by atoms with van der Waals surface area (Å²) in [6, 6.07) is 8.80. The molecule has 1 aliphatic rings. The van der Waals surface area contributed by atoms with Gasteiger partial charge in [0.2, 0.25) is 0 Å². The predicted molar refractivity (Wildman–Crippen MR) is 116 cm³/mol. The lowest BCUT2D eigenvalue weighted by Gasteiger charge is -2.27. The van der Waals surface area contributed by atoms with Crippen molar-refractivity contribution in [3.8, 4) is 5.75 Å². The summed E-state index contributed by atoms with van der Waals surface area (Å²) in [4.78, 5) is 37.8. The lowest BCUT2D eigenvalue weighted by molar-refractivity contribution is -0.384. The van der Waals surface area contributed by atoms with Gasteiger partial charge in [-0.3, -0.25) is 15.0 Å². The maximum absolute atomic E-state index is 12.7. The minimum absolute atomic E-state index is 0.150. The lowest BCUT2D eigenvalue weighted by Crippen LogP contribution is -2.35. The summed E-state index contributed by atoms with van der Waals surface area (Å²) in [5.74, 6) is -0.535. The van der Waals surface area contributed by atoms with Gasteiger partial charge < -0.3 is 13.9 Å². The smallest absolute Gasteiger partial charge is 0.351 e. The second-order valence-electron chi connectivity index (χ2n) is 7.75. The van der Waals surface area contributed by atoms with E-state index in [1.807, 2.05) is 19.9 Å². The Labute approximate surface area is 183 Å². The molecule has 0 saturated carbocycles. The summed E-state index contributed by atoms with van der Waals surface area (Å²) in [5.41, 5.74) is 1.63. The second kappa shape index (κ2) is 8.89. The predicted octanol–water partition coefficient (Wildman–Crippen LogP) is 3.37. The number of morpholine rings is 1. The Kier molecular flexibility index (Phi) is 6.02. The number of esters is 1. The highest BCUT2D eigenvalue weighted by Gasteiger charge is 2.20. The number of carbonyl (C=O) groups excluding carboxylic acids is 1. The third kappa shape index (κ3) is 4.53. The first-order valence-electron chi connectivity index (χ1n) is 10.2. The van der Waals surface area contributed by atoms with Crippen LogP contribution in [0.2, 0.25) is 0 Å². The van der Waals surface area contributed by atoms with Crippen molar-refractivity contribution in [1.29, 1.82) is 0 Å². The van der Waals surface area contributed by atoms with Crippen LogP contribution in [0.15, 0.2) is 45.6 Å². The first kappa shape index (κ1) is 21.7. The fourth-order valence-corrected chi connectivity index (χ4v) is 3.65. The second-order valence-corrected chi connectivity index (χ2v) is 7.75. The van der Waals surface area contributed by atoms with Crippen LogP contribution >= 0.6 is 0 Å². The molecule has 2 heterocycles. The van der Waals surface area contributed by atoms with E-state index in [2.05, 4.69) is 4.90 Å². The average Bonchev–Trinajstić information content (AvgIpc) is 2.77. The number of hydrogen-bond acceptors (Lipinski definition) is 8. The zero-order valence-electron chi connectivity index (χ0n) is 17.8. The molecule has 9 nitrogen and oxygen atoms in total. The Balaban J connectivity index is 1.58. The molecule has 9 heteroatoms. The van der Waals surface area contributed by atoms with Crippen LogP contribution in [0.4, 0.5) is 5.69 Å². The normalized spacial score (nSPS) is 14.4. The molecule has 0 N–H and O–H groups in total. The van der Waals surface area contributed by atoms with E-state index in [4.69, 9.17) is 13.9 Å². The van der Waals surface area contributed by atoms with Crippen molar-refractivity contribution in [2.24, 2.45) is 0 Å². The Morgan fingerprint density at radius 1 is 1.12 bits per heavy atom. The van der Waals surface area contributed by atoms with E-state index in [1.165, 1.54) is 24.3 Å². The number of ether oxygens (including phenoxy) is 2. The molecule has 3 aromatic rings. The van der Waals surface area contributed by atoms with Crippen molar-refractivity contribution in [2.45, 2.75) is 20.4 Å². The highest BCUT2D eigenvalue weighted by Crippen LogP contribution is 2.26. The molecule has 0 amide bonds. The number of rotatable bonds is 5. The van der Waals surface area contributed by atoms with Crippen molar-refractivity contribution >= 4 is 22.6 Å². The summed E-state index contributed by atoms with van der Waals surface area (Å²) in [7, 11) is 0. The summed E-state index contributed by atoms with van der Waals surface area (Å²) < 4.78 is 16.0. The van der Waals surface area contributed by atoms with Crippen molar-refractivity contribution in [3.63, 3.8) is 0 Å². The van der Waals surface area contributed by atoms with Crippen molar-refractivity contribution < 1.29 is 23.6 Å². The molecule has 1 aliphatic heterocycles. The zero-order valence-corrected chi connectivity index (χ0v) is 17.8. The number of aryl methyl sites for hydroxylation is 2. The van der Waals surface area contributed by atoms with Gasteiger partial charge >= 0.3 is 11.6 Å². The third-order valence-corrected chi connectivity index (χ3v) is 5.48. The summed E-state index contributed by atoms with van der Waals surface area (Å²) in [6.45, 7) is 7.71. The third-order valence-electron chi connectivity index (χ3n) is 5.48. The van der Waals surface area contributed by atoms with Crippen LogP contribution in [0.1, 0.15) is 27.0 Å². The first-order valence-corrected chi connectivity index (χ1v) is 10.2. The first-order chi connectivity index (χ1) is 15.3. The van der Waals surface area contributed by atoms with Crippen LogP contribution in [0.25, 0.3) is 11.0 Å². The van der Waals surface area contributed by atoms with Crippen LogP contribution in [0.3, 0.4) is 0 Å². The minimum atomic E-state index is -0.879. The van der Waals surface area contributed by atoms with Gasteiger partial charge in [0.15, 0.2) is 0 Å². The van der Waals surface area contributed by atoms with Crippen LogP contribution < -0.4 is 10.4 Å². The summed E-state index contributed by atoms with van der Waals surface area (Å²) in [6.07, 6.45) is 0. The van der Waals surface area contributed by atoms with Crippen LogP contribution in [0.5, 0.6) is 5.75 Å². The number of hydrogen-bond donors (Lipinski definition) is 0. The van der Waals surface area contributed by atoms with Gasteiger partial charge in [0.25, 0.3) is 5.69 Å². The van der Waals surface area contributed by atoms with Gasteiger partial charge in [-0.15, -0.1) is 0 Å². The number of nitrogens with zero attached hydrogens (tertiary/aromatic N) is 2. The monoisotopic (exact) mass is 438 g/mol. The Morgan fingerprint density at radius 3 is 2.59 bits per heavy atom. The minimum Gasteiger partial charge on any atom is -0.422 e. The molecule has 0 aliphatic carbocycles. The highest BCUT2D eigenvalue weighted by molar-refractivity contribution is 5.94. The fraction of sp³-hybridized carbons (Fsp3) is 0.304. The standard InChI is InChI=1S/C23H22N2O7/c1-14-10-21(15(2)9-17(14)13-24-5-7-30-8-6-24)32-23(27)19-12-16-11-18(25(28)29)3-4-20(16)31-22(19)26/h3-4,9-12H,5-8,13H2,1-2H3. The van der Waals surface area contributed by atoms with Gasteiger partial charge in [0, 0.05) is 37.2 Å². The molecular weight excluding hydrogens is 416 g/mol. The zero-order chi connectivity index (χ0) is 22.8. The van der Waals surface area contributed by atoms with E-state index < -0.39 is 16.5 Å². The Bertz CT molecular complexity index is 1260. The molecule has 0 spiro atoms. The van der Waals surface area contributed by atoms with E-state index in [0.717, 1.165) is 36.3 Å². The number of carbonyl (C=O) groups is 1. The molecule has 2 aromatic carbocycles. The number of fused-ring (bicyclic) bond motifs is 1. The van der Waals surface area contributed by atoms with Crippen LogP contribution in [-0.4, -0.2) is 42.1 Å². The van der Waals surface area contributed by atoms with Crippen LogP contribution in [-0.2, 0) is 11.3 Å². The molecule has 32 heavy (non-hydrogen) atoms. The Hall–Kier alpha value is -3.56. The summed E-state index contributed by atoms with van der Waals surface area (Å²) >= 11 is 0. The molecule has 0 bridgehead atoms. The van der Waals surface area contributed by atoms with Gasteiger partial charge in [-0.05, 0) is 48.7 Å². The van der Waals surface area contributed by atoms with Gasteiger partial charge in [-0.1, -0.05) is 6.07 Å². The molecule has 166 valence electrons. The van der Waals surface area contributed by atoms with E-state index >= 15 is 0 Å². The molecule has 4 rings (SSSR count). The molecule has 1 fully saturated rings. The molecule has 0 unspecified atom stereocenters. The fourth-order valence-electron chi connectivity index (χ4n) is 3.65. The molecule has 1 saturated heterocycles. The molecule has 0 atom stereocenters. The van der Waals surface area contributed by atoms with Crippen molar-refractivity contribution in [2.75, 3.05) is 26.3 Å². The Morgan fingerprint density at radius 2 is 1.88 bits per heavy atom. The molecule has 1 aromatic heterocycles. The largest absolute Gasteiger partial charge is 0.422 e. The van der Waals surface area contributed by atoms with Gasteiger partial charge in [0.1, 0.15) is 16.9 Å². The number of benzene rings is 2. The SMILES string of the molecule is Cc1cc(OC(=O)c2cc3cc([N+](=O)[O-])ccc3oc2=O)c(C)cc1CN1CCOCC1. The van der Waals surface area contributed by atoms with Gasteiger partial charge in [-0.2, -0.15) is 0 Å². The van der Waals surface area contributed by atoms with Gasteiger partial charge in [-0.25, -0.2) is 9.59 Å². The van der Waals surface area contributed by atoms with Crippen LogP contribution in [0, 0.1) is 24.0 Å². The van der Waals surface area contributed by atoms with E-state index in [9.17, 15) is 19.7 Å². The van der Waals surface area contributed by atoms with Crippen molar-refractivity contribution in [3.05, 3.63) is 79.2 Å². The van der Waals surface area contributed by atoms with E-state index in [1.54, 1.807) is 6.07 Å². The van der Waals surface area contributed by atoms with Crippen molar-refractivity contribution in [1.82, 2.24) is 4.90 Å². The van der Waals surface area contributed by atoms with Gasteiger partial charge in [0.05, 0.1) is 18.1 Å². The summed E-state index contributed by atoms with van der Waals surface area (Å²) in [5, 5.41) is 11.3. The topological polar surface area (TPSA) is 112 Å². The van der Waals surface area contributed by atoms with E-state index in [0.29, 0.717) is 19.0 Å². The maximum atomic E-state index is 12.7. The highest BCUT2D eigenvalue weighted by atomic mass is 16.6. The lowest BCUT2D eigenvalue weighted by atomic mass is 10.0. The van der Waals surface area contributed by atoms with E-state index in [-0.39, 0.29) is 22.2 Å². The number of nitro benzene ring substituents is 1. The maximum Gasteiger partial charge on any atom is 0.351 e. The number of nitro groups is 1.